The number of carbonyl (C=O) groups excluding carboxylic acids is 1. The molecule has 0 amide bonds. The highest BCUT2D eigenvalue weighted by Gasteiger charge is 2.17. The predicted molar refractivity (Wildman–Crippen MR) is 140 cm³/mol. The summed E-state index contributed by atoms with van der Waals surface area (Å²) in [6.45, 7) is 11.1. The standard InChI is InChI=1S/C28H30ClN3O4/c1-6-34-22-12-23(29)24(30-14-22)15-32-19(5)31-27-18(4)11-21(13-25(27)32)36-16-20-10-8-9-17(3)26(20)28(33)35-7-2/h8-14H,6-7,15-16H2,1-5H3. The molecule has 0 saturated carbocycles. The smallest absolute Gasteiger partial charge is 0.338 e. The van der Waals surface area contributed by atoms with Gasteiger partial charge in [-0.2, -0.15) is 0 Å². The van der Waals surface area contributed by atoms with Gasteiger partial charge in [-0.3, -0.25) is 4.98 Å². The lowest BCUT2D eigenvalue weighted by Gasteiger charge is -2.14. The maximum atomic E-state index is 12.5. The van der Waals surface area contributed by atoms with E-state index in [1.165, 1.54) is 0 Å². The Morgan fingerprint density at radius 3 is 2.53 bits per heavy atom. The van der Waals surface area contributed by atoms with Gasteiger partial charge in [0.15, 0.2) is 0 Å². The summed E-state index contributed by atoms with van der Waals surface area (Å²) in [4.78, 5) is 21.8. The summed E-state index contributed by atoms with van der Waals surface area (Å²) in [6.07, 6.45) is 1.68. The van der Waals surface area contributed by atoms with Crippen molar-refractivity contribution < 1.29 is 19.0 Å². The Kier molecular flexibility index (Phi) is 7.79. The maximum Gasteiger partial charge on any atom is 0.338 e. The Bertz CT molecular complexity index is 1410. The van der Waals surface area contributed by atoms with E-state index in [1.807, 2.05) is 58.0 Å². The number of aryl methyl sites for hydroxylation is 3. The number of benzene rings is 2. The van der Waals surface area contributed by atoms with Crippen molar-refractivity contribution in [2.45, 2.75) is 47.8 Å². The number of fused-ring (bicyclic) bond motifs is 1. The molecule has 0 saturated heterocycles. The molecule has 4 aromatic rings. The predicted octanol–water partition coefficient (Wildman–Crippen LogP) is 6.21. The number of rotatable bonds is 9. The van der Waals surface area contributed by atoms with Crippen LogP contribution in [0.25, 0.3) is 11.0 Å². The molecule has 0 fully saturated rings. The van der Waals surface area contributed by atoms with Gasteiger partial charge in [0, 0.05) is 17.7 Å². The lowest BCUT2D eigenvalue weighted by atomic mass is 10.0. The largest absolute Gasteiger partial charge is 0.492 e. The van der Waals surface area contributed by atoms with Gasteiger partial charge in [-0.1, -0.05) is 29.8 Å². The zero-order valence-corrected chi connectivity index (χ0v) is 22.0. The van der Waals surface area contributed by atoms with Crippen LogP contribution in [0.1, 0.15) is 52.4 Å². The third-order valence-electron chi connectivity index (χ3n) is 5.95. The van der Waals surface area contributed by atoms with Gasteiger partial charge in [0.25, 0.3) is 0 Å². The van der Waals surface area contributed by atoms with Crippen molar-refractivity contribution in [1.29, 1.82) is 0 Å². The van der Waals surface area contributed by atoms with Gasteiger partial charge in [0.2, 0.25) is 0 Å². The maximum absolute atomic E-state index is 12.5. The molecular formula is C28H30ClN3O4. The number of halogens is 1. The Balaban J connectivity index is 1.64. The quantitative estimate of drug-likeness (QED) is 0.251. The minimum absolute atomic E-state index is 0.236. The molecule has 2 aromatic heterocycles. The van der Waals surface area contributed by atoms with Crippen molar-refractivity contribution >= 4 is 28.6 Å². The highest BCUT2D eigenvalue weighted by Crippen LogP contribution is 2.29. The van der Waals surface area contributed by atoms with E-state index in [-0.39, 0.29) is 12.6 Å². The molecule has 36 heavy (non-hydrogen) atoms. The number of hydrogen-bond acceptors (Lipinski definition) is 6. The first-order valence-corrected chi connectivity index (χ1v) is 12.3. The summed E-state index contributed by atoms with van der Waals surface area (Å²) in [6, 6.07) is 11.4. The molecule has 2 heterocycles. The fourth-order valence-electron chi connectivity index (χ4n) is 4.22. The number of hydrogen-bond donors (Lipinski definition) is 0. The monoisotopic (exact) mass is 507 g/mol. The second kappa shape index (κ2) is 11.0. The molecule has 4 rings (SSSR count). The third-order valence-corrected chi connectivity index (χ3v) is 6.28. The minimum Gasteiger partial charge on any atom is -0.492 e. The van der Waals surface area contributed by atoms with Crippen LogP contribution in [0.5, 0.6) is 11.5 Å². The highest BCUT2D eigenvalue weighted by atomic mass is 35.5. The van der Waals surface area contributed by atoms with Crippen LogP contribution in [0.2, 0.25) is 5.02 Å². The summed E-state index contributed by atoms with van der Waals surface area (Å²) in [5, 5.41) is 0.539. The number of nitrogens with zero attached hydrogens (tertiary/aromatic N) is 3. The summed E-state index contributed by atoms with van der Waals surface area (Å²) in [7, 11) is 0. The Morgan fingerprint density at radius 2 is 1.81 bits per heavy atom. The molecule has 7 nitrogen and oxygen atoms in total. The van der Waals surface area contributed by atoms with Crippen LogP contribution in [0.4, 0.5) is 0 Å². The first-order valence-electron chi connectivity index (χ1n) is 12.0. The first-order chi connectivity index (χ1) is 17.3. The first kappa shape index (κ1) is 25.5. The van der Waals surface area contributed by atoms with Crippen molar-refractivity contribution in [3.63, 3.8) is 0 Å². The van der Waals surface area contributed by atoms with E-state index in [1.54, 1.807) is 19.2 Å². The van der Waals surface area contributed by atoms with Crippen molar-refractivity contribution in [3.8, 4) is 11.5 Å². The Labute approximate surface area is 216 Å². The zero-order valence-electron chi connectivity index (χ0n) is 21.2. The molecular weight excluding hydrogens is 478 g/mol. The molecule has 0 bridgehead atoms. The summed E-state index contributed by atoms with van der Waals surface area (Å²) < 4.78 is 19.0. The van der Waals surface area contributed by atoms with Gasteiger partial charge in [-0.15, -0.1) is 0 Å². The van der Waals surface area contributed by atoms with E-state index in [0.29, 0.717) is 41.8 Å². The van der Waals surface area contributed by atoms with Gasteiger partial charge in [0.1, 0.15) is 23.9 Å². The van der Waals surface area contributed by atoms with Crippen LogP contribution >= 0.6 is 11.6 Å². The van der Waals surface area contributed by atoms with Crippen LogP contribution < -0.4 is 9.47 Å². The molecule has 0 atom stereocenters. The number of aromatic nitrogens is 3. The normalized spacial score (nSPS) is 11.1. The van der Waals surface area contributed by atoms with Gasteiger partial charge >= 0.3 is 5.97 Å². The van der Waals surface area contributed by atoms with E-state index in [9.17, 15) is 4.79 Å². The number of pyridine rings is 1. The lowest BCUT2D eigenvalue weighted by molar-refractivity contribution is 0.0522. The highest BCUT2D eigenvalue weighted by molar-refractivity contribution is 6.31. The fraction of sp³-hybridized carbons (Fsp3) is 0.321. The lowest BCUT2D eigenvalue weighted by Crippen LogP contribution is -2.12. The minimum atomic E-state index is -0.339. The third kappa shape index (κ3) is 5.31. The molecule has 188 valence electrons. The number of imidazole rings is 1. The van der Waals surface area contributed by atoms with Crippen molar-refractivity contribution in [2.75, 3.05) is 13.2 Å². The molecule has 0 unspecified atom stereocenters. The molecule has 2 aromatic carbocycles. The van der Waals surface area contributed by atoms with Crippen LogP contribution in [0, 0.1) is 20.8 Å². The topological polar surface area (TPSA) is 75.5 Å². The van der Waals surface area contributed by atoms with E-state index in [0.717, 1.165) is 39.2 Å². The van der Waals surface area contributed by atoms with Gasteiger partial charge in [-0.05, 0) is 51.8 Å². The van der Waals surface area contributed by atoms with E-state index >= 15 is 0 Å². The molecule has 0 aliphatic carbocycles. The van der Waals surface area contributed by atoms with Crippen molar-refractivity contribution in [3.05, 3.63) is 81.4 Å². The summed E-state index contributed by atoms with van der Waals surface area (Å²) >= 11 is 6.50. The van der Waals surface area contributed by atoms with Crippen LogP contribution in [0.3, 0.4) is 0 Å². The Morgan fingerprint density at radius 1 is 1.00 bits per heavy atom. The average molecular weight is 508 g/mol. The molecule has 0 radical (unpaired) electrons. The van der Waals surface area contributed by atoms with Crippen LogP contribution in [0.15, 0.2) is 42.6 Å². The fourth-order valence-corrected chi connectivity index (χ4v) is 4.44. The average Bonchev–Trinajstić information content (AvgIpc) is 3.15. The zero-order chi connectivity index (χ0) is 25.8. The van der Waals surface area contributed by atoms with Crippen LogP contribution in [-0.2, 0) is 17.9 Å². The van der Waals surface area contributed by atoms with E-state index in [2.05, 4.69) is 9.55 Å². The van der Waals surface area contributed by atoms with Gasteiger partial charge < -0.3 is 18.8 Å². The molecule has 8 heteroatoms. The van der Waals surface area contributed by atoms with Crippen molar-refractivity contribution in [2.24, 2.45) is 0 Å². The molecule has 0 spiro atoms. The van der Waals surface area contributed by atoms with Gasteiger partial charge in [-0.25, -0.2) is 9.78 Å². The molecule has 0 aliphatic rings. The van der Waals surface area contributed by atoms with E-state index < -0.39 is 0 Å². The number of ether oxygens (including phenoxy) is 3. The molecule has 0 N–H and O–H groups in total. The second-order valence-electron chi connectivity index (χ2n) is 8.50. The van der Waals surface area contributed by atoms with Crippen molar-refractivity contribution in [1.82, 2.24) is 14.5 Å². The van der Waals surface area contributed by atoms with Gasteiger partial charge in [0.05, 0.1) is 53.3 Å². The van der Waals surface area contributed by atoms with Crippen LogP contribution in [-0.4, -0.2) is 33.7 Å². The second-order valence-corrected chi connectivity index (χ2v) is 8.91. The van der Waals surface area contributed by atoms with E-state index in [4.69, 9.17) is 30.8 Å². The summed E-state index contributed by atoms with van der Waals surface area (Å²) in [5.74, 6) is 1.83. The number of esters is 1. The SMILES string of the molecule is CCOC(=O)c1c(C)cccc1COc1cc(C)c2nc(C)n(Cc3ncc(OCC)cc3Cl)c2c1. The number of carbonyl (C=O) groups is 1. The Hall–Kier alpha value is -3.58. The molecule has 0 aliphatic heterocycles. The summed E-state index contributed by atoms with van der Waals surface area (Å²) in [5.41, 5.74) is 5.72.